The lowest BCUT2D eigenvalue weighted by Crippen LogP contribution is -2.22. The van der Waals surface area contributed by atoms with Crippen LogP contribution in [0.1, 0.15) is 29.2 Å². The minimum absolute atomic E-state index is 0.0288. The number of aliphatic hydroxyl groups is 1. The third-order valence-corrected chi connectivity index (χ3v) is 3.36. The Balaban J connectivity index is 2.07. The first-order valence-corrected chi connectivity index (χ1v) is 6.85. The molecular weight excluding hydrogens is 253 g/mol. The van der Waals surface area contributed by atoms with E-state index in [1.807, 2.05) is 43.3 Å². The number of nitrogens with one attached hydrogen (secondary N) is 1. The van der Waals surface area contributed by atoms with Gasteiger partial charge in [-0.25, -0.2) is 4.39 Å². The van der Waals surface area contributed by atoms with Crippen molar-refractivity contribution in [1.29, 1.82) is 0 Å². The molecule has 0 heterocycles. The minimum atomic E-state index is -0.195. The highest BCUT2D eigenvalue weighted by atomic mass is 19.1. The molecule has 0 fully saturated rings. The van der Waals surface area contributed by atoms with Crippen LogP contribution in [0.2, 0.25) is 0 Å². The van der Waals surface area contributed by atoms with E-state index < -0.39 is 0 Å². The smallest absolute Gasteiger partial charge is 0.127 e. The fraction of sp³-hybridized carbons (Fsp3) is 0.294. The molecule has 20 heavy (non-hydrogen) atoms. The van der Waals surface area contributed by atoms with E-state index in [2.05, 4.69) is 5.32 Å². The van der Waals surface area contributed by atoms with Gasteiger partial charge in [0.15, 0.2) is 0 Å². The molecule has 0 bridgehead atoms. The topological polar surface area (TPSA) is 32.3 Å². The monoisotopic (exact) mass is 273 g/mol. The lowest BCUT2D eigenvalue weighted by Gasteiger charge is -2.18. The average molecular weight is 273 g/mol. The van der Waals surface area contributed by atoms with Crippen LogP contribution >= 0.6 is 0 Å². The predicted octanol–water partition coefficient (Wildman–Crippen LogP) is 3.35. The maximum absolute atomic E-state index is 13.7. The number of hydrogen-bond acceptors (Lipinski definition) is 2. The molecule has 0 saturated heterocycles. The summed E-state index contributed by atoms with van der Waals surface area (Å²) >= 11 is 0. The highest BCUT2D eigenvalue weighted by molar-refractivity contribution is 5.25. The van der Waals surface area contributed by atoms with Crippen LogP contribution < -0.4 is 5.32 Å². The fourth-order valence-electron chi connectivity index (χ4n) is 2.27. The van der Waals surface area contributed by atoms with Gasteiger partial charge in [-0.05, 0) is 25.0 Å². The number of hydrogen-bond donors (Lipinski definition) is 2. The minimum Gasteiger partial charge on any atom is -0.396 e. The second-order valence-corrected chi connectivity index (χ2v) is 4.95. The van der Waals surface area contributed by atoms with Crippen LogP contribution in [-0.4, -0.2) is 11.7 Å². The van der Waals surface area contributed by atoms with Crippen molar-refractivity contribution < 1.29 is 9.50 Å². The van der Waals surface area contributed by atoms with E-state index in [1.165, 1.54) is 6.07 Å². The molecule has 2 nitrogen and oxygen atoms in total. The van der Waals surface area contributed by atoms with E-state index in [0.717, 1.165) is 11.1 Å². The van der Waals surface area contributed by atoms with Crippen molar-refractivity contribution in [1.82, 2.24) is 5.32 Å². The Morgan fingerprint density at radius 1 is 1.15 bits per heavy atom. The van der Waals surface area contributed by atoms with Crippen LogP contribution in [0, 0.1) is 12.7 Å². The van der Waals surface area contributed by atoms with Gasteiger partial charge in [-0.2, -0.15) is 0 Å². The van der Waals surface area contributed by atoms with Gasteiger partial charge in [-0.15, -0.1) is 0 Å². The van der Waals surface area contributed by atoms with Gasteiger partial charge in [0.1, 0.15) is 5.82 Å². The Morgan fingerprint density at radius 3 is 2.60 bits per heavy atom. The third-order valence-electron chi connectivity index (χ3n) is 3.36. The van der Waals surface area contributed by atoms with Gasteiger partial charge in [0.25, 0.3) is 0 Å². The van der Waals surface area contributed by atoms with Crippen LogP contribution in [0.4, 0.5) is 4.39 Å². The number of aliphatic hydroxyl groups excluding tert-OH is 1. The van der Waals surface area contributed by atoms with Gasteiger partial charge in [0.2, 0.25) is 0 Å². The molecule has 2 aromatic carbocycles. The number of benzene rings is 2. The molecule has 0 amide bonds. The van der Waals surface area contributed by atoms with E-state index in [1.54, 1.807) is 6.07 Å². The van der Waals surface area contributed by atoms with E-state index in [-0.39, 0.29) is 18.5 Å². The molecule has 3 heteroatoms. The second-order valence-electron chi connectivity index (χ2n) is 4.95. The van der Waals surface area contributed by atoms with Crippen molar-refractivity contribution >= 4 is 0 Å². The molecule has 0 unspecified atom stereocenters. The first kappa shape index (κ1) is 14.7. The summed E-state index contributed by atoms with van der Waals surface area (Å²) < 4.78 is 13.7. The van der Waals surface area contributed by atoms with Gasteiger partial charge in [0.05, 0.1) is 0 Å². The molecule has 1 atom stereocenters. The SMILES string of the molecule is Cc1ccc(F)c(CN[C@H](CCO)c2ccccc2)c1. The van der Waals surface area contributed by atoms with Gasteiger partial charge in [-0.3, -0.25) is 0 Å². The van der Waals surface area contributed by atoms with Crippen molar-refractivity contribution in [3.8, 4) is 0 Å². The van der Waals surface area contributed by atoms with Gasteiger partial charge < -0.3 is 10.4 Å². The zero-order valence-corrected chi connectivity index (χ0v) is 11.6. The normalized spacial score (nSPS) is 12.3. The van der Waals surface area contributed by atoms with Crippen LogP contribution in [0.3, 0.4) is 0 Å². The maximum atomic E-state index is 13.7. The van der Waals surface area contributed by atoms with E-state index in [9.17, 15) is 9.50 Å². The Morgan fingerprint density at radius 2 is 1.90 bits per heavy atom. The average Bonchev–Trinajstić information content (AvgIpc) is 2.47. The largest absolute Gasteiger partial charge is 0.396 e. The molecule has 106 valence electrons. The molecule has 2 aromatic rings. The van der Waals surface area contributed by atoms with Gasteiger partial charge in [-0.1, -0.05) is 48.0 Å². The number of aryl methyl sites for hydroxylation is 1. The first-order chi connectivity index (χ1) is 9.70. The molecule has 0 saturated carbocycles. The Kier molecular flexibility index (Phi) is 5.27. The van der Waals surface area contributed by atoms with Crippen LogP contribution in [0.25, 0.3) is 0 Å². The van der Waals surface area contributed by atoms with Crippen molar-refractivity contribution in [3.63, 3.8) is 0 Å². The highest BCUT2D eigenvalue weighted by Crippen LogP contribution is 2.18. The van der Waals surface area contributed by atoms with Crippen LogP contribution in [0.15, 0.2) is 48.5 Å². The summed E-state index contributed by atoms with van der Waals surface area (Å²) in [4.78, 5) is 0. The van der Waals surface area contributed by atoms with Crippen molar-refractivity contribution in [3.05, 3.63) is 71.0 Å². The summed E-state index contributed by atoms with van der Waals surface area (Å²) in [6, 6.07) is 15.1. The zero-order chi connectivity index (χ0) is 14.4. The predicted molar refractivity (Wildman–Crippen MR) is 78.9 cm³/mol. The zero-order valence-electron chi connectivity index (χ0n) is 11.6. The van der Waals surface area contributed by atoms with E-state index in [0.29, 0.717) is 18.5 Å². The first-order valence-electron chi connectivity index (χ1n) is 6.85. The van der Waals surface area contributed by atoms with Crippen LogP contribution in [0.5, 0.6) is 0 Å². The summed E-state index contributed by atoms with van der Waals surface area (Å²) in [6.07, 6.45) is 0.609. The summed E-state index contributed by atoms with van der Waals surface area (Å²) in [5.41, 5.74) is 2.81. The molecular formula is C17H20FNO. The summed E-state index contributed by atoms with van der Waals surface area (Å²) in [6.45, 7) is 2.50. The standard InChI is InChI=1S/C17H20FNO/c1-13-7-8-16(18)15(11-13)12-19-17(9-10-20)14-5-3-2-4-6-14/h2-8,11,17,19-20H,9-10,12H2,1H3/t17-/m1/s1. The molecule has 0 aromatic heterocycles. The summed E-state index contributed by atoms with van der Waals surface area (Å²) in [5.74, 6) is -0.195. The molecule has 0 aliphatic rings. The summed E-state index contributed by atoms with van der Waals surface area (Å²) in [7, 11) is 0. The van der Waals surface area contributed by atoms with E-state index in [4.69, 9.17) is 0 Å². The number of halogens is 1. The summed E-state index contributed by atoms with van der Waals surface area (Å²) in [5, 5.41) is 12.5. The maximum Gasteiger partial charge on any atom is 0.127 e. The molecule has 0 aliphatic heterocycles. The lowest BCUT2D eigenvalue weighted by molar-refractivity contribution is 0.265. The second kappa shape index (κ2) is 7.17. The van der Waals surface area contributed by atoms with Crippen LogP contribution in [-0.2, 0) is 6.54 Å². The van der Waals surface area contributed by atoms with Gasteiger partial charge in [0, 0.05) is 24.8 Å². The Hall–Kier alpha value is -1.71. The van der Waals surface area contributed by atoms with Gasteiger partial charge >= 0.3 is 0 Å². The molecule has 2 N–H and O–H groups in total. The molecule has 0 radical (unpaired) electrons. The van der Waals surface area contributed by atoms with Crippen molar-refractivity contribution in [2.75, 3.05) is 6.61 Å². The number of rotatable bonds is 6. The molecule has 2 rings (SSSR count). The highest BCUT2D eigenvalue weighted by Gasteiger charge is 2.11. The van der Waals surface area contributed by atoms with Crippen molar-refractivity contribution in [2.45, 2.75) is 25.9 Å². The van der Waals surface area contributed by atoms with Crippen molar-refractivity contribution in [2.24, 2.45) is 0 Å². The Bertz CT molecular complexity index is 542. The molecule has 0 spiro atoms. The molecule has 0 aliphatic carbocycles. The van der Waals surface area contributed by atoms with E-state index >= 15 is 0 Å². The Labute approximate surface area is 119 Å². The third kappa shape index (κ3) is 3.89. The lowest BCUT2D eigenvalue weighted by atomic mass is 10.0. The quantitative estimate of drug-likeness (QED) is 0.846. The fourth-order valence-corrected chi connectivity index (χ4v) is 2.27.